The molecule has 2 saturated heterocycles. The summed E-state index contributed by atoms with van der Waals surface area (Å²) in [5, 5.41) is 4.06. The highest BCUT2D eigenvalue weighted by Gasteiger charge is 2.35. The largest absolute Gasteiger partial charge is 0.379 e. The molecule has 0 radical (unpaired) electrons. The molecule has 1 unspecified atom stereocenters. The fourth-order valence-corrected chi connectivity index (χ4v) is 2.95. The summed E-state index contributed by atoms with van der Waals surface area (Å²) in [5.41, 5.74) is -0.139. The molecule has 0 bridgehead atoms. The lowest BCUT2D eigenvalue weighted by Gasteiger charge is -2.28. The number of aromatic nitrogens is 2. The van der Waals surface area contributed by atoms with Crippen LogP contribution in [0.1, 0.15) is 44.8 Å². The van der Waals surface area contributed by atoms with Gasteiger partial charge in [0.05, 0.1) is 19.1 Å². The van der Waals surface area contributed by atoms with E-state index >= 15 is 0 Å². The molecule has 0 N–H and O–H groups in total. The summed E-state index contributed by atoms with van der Waals surface area (Å²) >= 11 is 0. The average molecular weight is 322 g/mol. The molecule has 1 aromatic heterocycles. The van der Waals surface area contributed by atoms with Crippen molar-refractivity contribution in [2.75, 3.05) is 45.9 Å². The van der Waals surface area contributed by atoms with Crippen LogP contribution in [0, 0.1) is 0 Å². The zero-order valence-electron chi connectivity index (χ0n) is 14.2. The molecule has 7 heteroatoms. The van der Waals surface area contributed by atoms with E-state index in [1.807, 2.05) is 4.90 Å². The maximum Gasteiger partial charge on any atom is 0.232 e. The van der Waals surface area contributed by atoms with E-state index in [0.717, 1.165) is 39.4 Å². The third-order valence-electron chi connectivity index (χ3n) is 4.47. The molecule has 1 aromatic rings. The summed E-state index contributed by atoms with van der Waals surface area (Å²) in [4.78, 5) is 21.0. The van der Waals surface area contributed by atoms with Gasteiger partial charge in [-0.15, -0.1) is 0 Å². The average Bonchev–Trinajstić information content (AvgIpc) is 3.12. The summed E-state index contributed by atoms with van der Waals surface area (Å²) in [6.45, 7) is 12.0. The van der Waals surface area contributed by atoms with Crippen molar-refractivity contribution >= 4 is 5.91 Å². The molecule has 1 atom stereocenters. The van der Waals surface area contributed by atoms with Gasteiger partial charge in [-0.2, -0.15) is 4.98 Å². The number of nitrogens with zero attached hydrogens (tertiary/aromatic N) is 4. The van der Waals surface area contributed by atoms with Crippen molar-refractivity contribution in [2.24, 2.45) is 0 Å². The van der Waals surface area contributed by atoms with Crippen molar-refractivity contribution in [3.63, 3.8) is 0 Å². The zero-order chi connectivity index (χ0) is 16.4. The van der Waals surface area contributed by atoms with Crippen molar-refractivity contribution in [1.29, 1.82) is 0 Å². The lowest BCUT2D eigenvalue weighted by molar-refractivity contribution is -0.128. The van der Waals surface area contributed by atoms with Gasteiger partial charge in [-0.05, 0) is 0 Å². The van der Waals surface area contributed by atoms with Crippen molar-refractivity contribution in [2.45, 2.75) is 38.5 Å². The van der Waals surface area contributed by atoms with Crippen LogP contribution < -0.4 is 0 Å². The van der Waals surface area contributed by atoms with Gasteiger partial charge in [-0.25, -0.2) is 0 Å². The van der Waals surface area contributed by atoms with Crippen molar-refractivity contribution in [1.82, 2.24) is 19.9 Å². The van der Waals surface area contributed by atoms with E-state index < -0.39 is 0 Å². The SMILES string of the molecule is CC(C)(C)c1noc(C2CC(=O)N(CCN3CCOCC3)C2)n1. The molecule has 3 heterocycles. The number of hydrogen-bond acceptors (Lipinski definition) is 6. The molecule has 2 aliphatic heterocycles. The molecule has 2 aliphatic rings. The number of hydrogen-bond donors (Lipinski definition) is 0. The van der Waals surface area contributed by atoms with Crippen LogP contribution in [-0.2, 0) is 14.9 Å². The van der Waals surface area contributed by atoms with Gasteiger partial charge in [-0.1, -0.05) is 25.9 Å². The van der Waals surface area contributed by atoms with Crippen LogP contribution in [0.3, 0.4) is 0 Å². The highest BCUT2D eigenvalue weighted by molar-refractivity contribution is 5.79. The Kier molecular flexibility index (Phi) is 4.68. The Morgan fingerprint density at radius 2 is 1.96 bits per heavy atom. The third kappa shape index (κ3) is 3.90. The Morgan fingerprint density at radius 3 is 2.61 bits per heavy atom. The summed E-state index contributed by atoms with van der Waals surface area (Å²) in [7, 11) is 0. The van der Waals surface area contributed by atoms with Gasteiger partial charge < -0.3 is 14.2 Å². The Hall–Kier alpha value is -1.47. The Bertz CT molecular complexity index is 546. The molecule has 2 fully saturated rings. The van der Waals surface area contributed by atoms with Gasteiger partial charge in [0, 0.05) is 44.6 Å². The molecule has 3 rings (SSSR count). The van der Waals surface area contributed by atoms with Gasteiger partial charge in [-0.3, -0.25) is 9.69 Å². The first-order valence-electron chi connectivity index (χ1n) is 8.35. The predicted octanol–water partition coefficient (Wildman–Crippen LogP) is 1.02. The van der Waals surface area contributed by atoms with Gasteiger partial charge >= 0.3 is 0 Å². The predicted molar refractivity (Wildman–Crippen MR) is 84.2 cm³/mol. The van der Waals surface area contributed by atoms with E-state index in [1.54, 1.807) is 0 Å². The zero-order valence-corrected chi connectivity index (χ0v) is 14.2. The molecule has 23 heavy (non-hydrogen) atoms. The minimum absolute atomic E-state index is 0.0239. The number of likely N-dealkylation sites (tertiary alicyclic amines) is 1. The number of ether oxygens (including phenoxy) is 1. The minimum Gasteiger partial charge on any atom is -0.379 e. The molecule has 0 aliphatic carbocycles. The lowest BCUT2D eigenvalue weighted by Crippen LogP contribution is -2.41. The fourth-order valence-electron chi connectivity index (χ4n) is 2.95. The van der Waals surface area contributed by atoms with Gasteiger partial charge in [0.15, 0.2) is 5.82 Å². The van der Waals surface area contributed by atoms with E-state index in [2.05, 4.69) is 35.8 Å². The van der Waals surface area contributed by atoms with Crippen molar-refractivity contribution in [3.05, 3.63) is 11.7 Å². The summed E-state index contributed by atoms with van der Waals surface area (Å²) < 4.78 is 10.7. The van der Waals surface area contributed by atoms with Crippen LogP contribution in [-0.4, -0.2) is 71.8 Å². The van der Waals surface area contributed by atoms with Crippen LogP contribution in [0.2, 0.25) is 0 Å². The molecule has 0 saturated carbocycles. The Balaban J connectivity index is 1.55. The maximum atomic E-state index is 12.2. The summed E-state index contributed by atoms with van der Waals surface area (Å²) in [6, 6.07) is 0. The second-order valence-electron chi connectivity index (χ2n) is 7.40. The van der Waals surface area contributed by atoms with Gasteiger partial charge in [0.2, 0.25) is 11.8 Å². The van der Waals surface area contributed by atoms with Gasteiger partial charge in [0.1, 0.15) is 0 Å². The van der Waals surface area contributed by atoms with E-state index in [9.17, 15) is 4.79 Å². The fraction of sp³-hybridized carbons (Fsp3) is 0.812. The number of rotatable bonds is 4. The first-order chi connectivity index (χ1) is 10.9. The maximum absolute atomic E-state index is 12.2. The van der Waals surface area contributed by atoms with Gasteiger partial charge in [0.25, 0.3) is 0 Å². The first-order valence-corrected chi connectivity index (χ1v) is 8.35. The molecule has 128 valence electrons. The highest BCUT2D eigenvalue weighted by Crippen LogP contribution is 2.28. The van der Waals surface area contributed by atoms with Crippen LogP contribution >= 0.6 is 0 Å². The van der Waals surface area contributed by atoms with E-state index in [1.165, 1.54) is 0 Å². The van der Waals surface area contributed by atoms with Crippen LogP contribution in [0.25, 0.3) is 0 Å². The second kappa shape index (κ2) is 6.57. The van der Waals surface area contributed by atoms with Crippen LogP contribution in [0.4, 0.5) is 0 Å². The quantitative estimate of drug-likeness (QED) is 0.824. The monoisotopic (exact) mass is 322 g/mol. The lowest BCUT2D eigenvalue weighted by atomic mass is 9.96. The molecule has 0 spiro atoms. The number of carbonyl (C=O) groups excluding carboxylic acids is 1. The Labute approximate surface area is 137 Å². The minimum atomic E-state index is -0.139. The second-order valence-corrected chi connectivity index (χ2v) is 7.40. The summed E-state index contributed by atoms with van der Waals surface area (Å²) in [5.74, 6) is 1.50. The molecule has 0 aromatic carbocycles. The van der Waals surface area contributed by atoms with Crippen molar-refractivity contribution in [3.8, 4) is 0 Å². The molecular weight excluding hydrogens is 296 g/mol. The topological polar surface area (TPSA) is 71.7 Å². The summed E-state index contributed by atoms with van der Waals surface area (Å²) in [6.07, 6.45) is 0.467. The normalized spacial score (nSPS) is 23.7. The first kappa shape index (κ1) is 16.4. The van der Waals surface area contributed by atoms with E-state index in [4.69, 9.17) is 9.26 Å². The highest BCUT2D eigenvalue weighted by atomic mass is 16.5. The number of amides is 1. The van der Waals surface area contributed by atoms with Crippen molar-refractivity contribution < 1.29 is 14.1 Å². The van der Waals surface area contributed by atoms with Crippen LogP contribution in [0.15, 0.2) is 4.52 Å². The van der Waals surface area contributed by atoms with Crippen LogP contribution in [0.5, 0.6) is 0 Å². The van der Waals surface area contributed by atoms with E-state index in [-0.39, 0.29) is 17.2 Å². The molecule has 1 amide bonds. The number of carbonyl (C=O) groups is 1. The van der Waals surface area contributed by atoms with E-state index in [0.29, 0.717) is 24.7 Å². The molecular formula is C16H26N4O3. The Morgan fingerprint density at radius 1 is 1.22 bits per heavy atom. The number of morpholine rings is 1. The third-order valence-corrected chi connectivity index (χ3v) is 4.47. The standard InChI is InChI=1S/C16H26N4O3/c1-16(2,3)15-17-14(23-18-15)12-10-13(21)20(11-12)5-4-19-6-8-22-9-7-19/h12H,4-11H2,1-3H3. The smallest absolute Gasteiger partial charge is 0.232 e. The molecule has 7 nitrogen and oxygen atoms in total.